The van der Waals surface area contributed by atoms with Crippen LogP contribution in [0.3, 0.4) is 0 Å². The van der Waals surface area contributed by atoms with Gasteiger partial charge in [0.2, 0.25) is 0 Å². The van der Waals surface area contributed by atoms with Gasteiger partial charge in [-0.15, -0.1) is 0 Å². The van der Waals surface area contributed by atoms with Gasteiger partial charge in [0.15, 0.2) is 0 Å². The number of thiophene rings is 1. The molecule has 0 aliphatic rings. The second kappa shape index (κ2) is 7.43. The molecule has 1 atom stereocenters. The van der Waals surface area contributed by atoms with E-state index in [4.69, 9.17) is 5.73 Å². The average Bonchev–Trinajstić information content (AvgIpc) is 2.85. The summed E-state index contributed by atoms with van der Waals surface area (Å²) in [7, 11) is 0. The van der Waals surface area contributed by atoms with E-state index in [-0.39, 0.29) is 6.04 Å². The van der Waals surface area contributed by atoms with E-state index in [1.165, 1.54) is 16.7 Å². The molecule has 0 radical (unpaired) electrons. The summed E-state index contributed by atoms with van der Waals surface area (Å²) in [6.07, 6.45) is 2.14. The van der Waals surface area contributed by atoms with E-state index in [1.54, 1.807) is 11.3 Å². The Morgan fingerprint density at radius 3 is 2.68 bits per heavy atom. The van der Waals surface area contributed by atoms with Crippen molar-refractivity contribution in [3.05, 3.63) is 57.8 Å². The summed E-state index contributed by atoms with van der Waals surface area (Å²) in [4.78, 5) is 0. The van der Waals surface area contributed by atoms with E-state index >= 15 is 0 Å². The van der Waals surface area contributed by atoms with E-state index in [2.05, 4.69) is 35.1 Å². The molecule has 3 N–H and O–H groups in total. The Kier molecular flexibility index (Phi) is 5.58. The highest BCUT2D eigenvalue weighted by molar-refractivity contribution is 7.08. The third-order valence-electron chi connectivity index (χ3n) is 3.37. The number of hydrogen-bond acceptors (Lipinski definition) is 3. The summed E-state index contributed by atoms with van der Waals surface area (Å²) >= 11 is 1.77. The molecule has 102 valence electrons. The number of rotatable bonds is 7. The largest absolute Gasteiger partial charge is 0.324 e. The zero-order chi connectivity index (χ0) is 13.5. The van der Waals surface area contributed by atoms with Gasteiger partial charge in [-0.2, -0.15) is 11.3 Å². The molecule has 2 aromatic rings. The normalized spacial score (nSPS) is 12.5. The van der Waals surface area contributed by atoms with Crippen LogP contribution in [0.4, 0.5) is 0 Å². The zero-order valence-corrected chi connectivity index (χ0v) is 12.2. The third kappa shape index (κ3) is 4.46. The Bertz CT molecular complexity index is 479. The zero-order valence-electron chi connectivity index (χ0n) is 11.4. The maximum Gasteiger partial charge on any atom is 0.0295 e. The minimum Gasteiger partial charge on any atom is -0.324 e. The lowest BCUT2D eigenvalue weighted by atomic mass is 10.0. The van der Waals surface area contributed by atoms with Crippen molar-refractivity contribution >= 4 is 11.3 Å². The minimum absolute atomic E-state index is 0.158. The number of aryl methyl sites for hydroxylation is 1. The number of hydrogen-bond donors (Lipinski definition) is 2. The van der Waals surface area contributed by atoms with Crippen molar-refractivity contribution in [2.24, 2.45) is 5.73 Å². The van der Waals surface area contributed by atoms with Crippen LogP contribution in [0.5, 0.6) is 0 Å². The Hall–Kier alpha value is -1.16. The minimum atomic E-state index is 0.158. The fourth-order valence-corrected chi connectivity index (χ4v) is 2.96. The van der Waals surface area contributed by atoms with Gasteiger partial charge in [-0.1, -0.05) is 30.3 Å². The molecule has 1 unspecified atom stereocenters. The number of benzene rings is 1. The molecule has 0 bridgehead atoms. The maximum atomic E-state index is 6.17. The first-order chi connectivity index (χ1) is 9.27. The van der Waals surface area contributed by atoms with E-state index in [0.717, 1.165) is 25.9 Å². The van der Waals surface area contributed by atoms with Crippen molar-refractivity contribution in [3.63, 3.8) is 0 Å². The van der Waals surface area contributed by atoms with Gasteiger partial charge in [0.05, 0.1) is 0 Å². The molecule has 0 spiro atoms. The van der Waals surface area contributed by atoms with Gasteiger partial charge < -0.3 is 11.1 Å². The molecule has 0 fully saturated rings. The van der Waals surface area contributed by atoms with Crippen LogP contribution in [0.15, 0.2) is 41.1 Å². The van der Waals surface area contributed by atoms with Crippen LogP contribution in [0.1, 0.15) is 35.6 Å². The molecule has 0 saturated heterocycles. The van der Waals surface area contributed by atoms with Crippen LogP contribution in [-0.4, -0.2) is 6.54 Å². The first kappa shape index (κ1) is 14.3. The molecule has 1 aromatic heterocycles. The van der Waals surface area contributed by atoms with Gasteiger partial charge in [0, 0.05) is 12.6 Å². The predicted octanol–water partition coefficient (Wildman–Crippen LogP) is 3.63. The number of nitrogens with one attached hydrogen (secondary N) is 1. The first-order valence-corrected chi connectivity index (χ1v) is 7.74. The standard InChI is InChI=1S/C16H22N2S/c1-13-11-19-12-15(13)10-18-9-5-8-16(17)14-6-3-2-4-7-14/h2-4,6-7,11-12,16,18H,5,8-10,17H2,1H3. The van der Waals surface area contributed by atoms with E-state index in [1.807, 2.05) is 18.2 Å². The summed E-state index contributed by atoms with van der Waals surface area (Å²) in [5.74, 6) is 0. The van der Waals surface area contributed by atoms with Crippen LogP contribution >= 0.6 is 11.3 Å². The van der Waals surface area contributed by atoms with Crippen molar-refractivity contribution in [2.45, 2.75) is 32.4 Å². The van der Waals surface area contributed by atoms with Crippen LogP contribution in [0.2, 0.25) is 0 Å². The Balaban J connectivity index is 1.63. The molecular formula is C16H22N2S. The van der Waals surface area contributed by atoms with Crippen molar-refractivity contribution in [3.8, 4) is 0 Å². The van der Waals surface area contributed by atoms with Gasteiger partial charge in [-0.3, -0.25) is 0 Å². The third-order valence-corrected chi connectivity index (χ3v) is 4.28. The average molecular weight is 274 g/mol. The van der Waals surface area contributed by atoms with Crippen molar-refractivity contribution in [2.75, 3.05) is 6.54 Å². The molecule has 0 aliphatic heterocycles. The van der Waals surface area contributed by atoms with Crippen LogP contribution < -0.4 is 11.1 Å². The molecule has 2 rings (SSSR count). The van der Waals surface area contributed by atoms with Gasteiger partial charge in [0.25, 0.3) is 0 Å². The quantitative estimate of drug-likeness (QED) is 0.757. The molecule has 1 heterocycles. The predicted molar refractivity (Wildman–Crippen MR) is 83.4 cm³/mol. The summed E-state index contributed by atoms with van der Waals surface area (Å²) in [5, 5.41) is 7.90. The molecular weight excluding hydrogens is 252 g/mol. The highest BCUT2D eigenvalue weighted by Gasteiger charge is 2.04. The topological polar surface area (TPSA) is 38.0 Å². The lowest BCUT2D eigenvalue weighted by Gasteiger charge is -2.12. The van der Waals surface area contributed by atoms with Gasteiger partial charge in [-0.25, -0.2) is 0 Å². The van der Waals surface area contributed by atoms with E-state index in [0.29, 0.717) is 0 Å². The molecule has 0 amide bonds. The van der Waals surface area contributed by atoms with Gasteiger partial charge in [-0.05, 0) is 53.8 Å². The van der Waals surface area contributed by atoms with Crippen molar-refractivity contribution in [1.29, 1.82) is 0 Å². The summed E-state index contributed by atoms with van der Waals surface area (Å²) < 4.78 is 0. The van der Waals surface area contributed by atoms with Crippen LogP contribution in [-0.2, 0) is 6.54 Å². The van der Waals surface area contributed by atoms with E-state index < -0.39 is 0 Å². The SMILES string of the molecule is Cc1cscc1CNCCCC(N)c1ccccc1. The van der Waals surface area contributed by atoms with Crippen molar-refractivity contribution < 1.29 is 0 Å². The molecule has 3 heteroatoms. The molecule has 0 aliphatic carbocycles. The first-order valence-electron chi connectivity index (χ1n) is 6.80. The fraction of sp³-hybridized carbons (Fsp3) is 0.375. The van der Waals surface area contributed by atoms with Gasteiger partial charge >= 0.3 is 0 Å². The van der Waals surface area contributed by atoms with E-state index in [9.17, 15) is 0 Å². The maximum absolute atomic E-state index is 6.17. The second-order valence-corrected chi connectivity index (χ2v) is 5.66. The Morgan fingerprint density at radius 2 is 2.00 bits per heavy atom. The van der Waals surface area contributed by atoms with Crippen LogP contribution in [0.25, 0.3) is 0 Å². The lowest BCUT2D eigenvalue weighted by molar-refractivity contribution is 0.566. The molecule has 19 heavy (non-hydrogen) atoms. The molecule has 0 saturated carbocycles. The second-order valence-electron chi connectivity index (χ2n) is 4.92. The summed E-state index contributed by atoms with van der Waals surface area (Å²) in [5.41, 5.74) is 10.2. The smallest absolute Gasteiger partial charge is 0.0295 e. The Labute approximate surface area is 119 Å². The molecule has 2 nitrogen and oxygen atoms in total. The lowest BCUT2D eigenvalue weighted by Crippen LogP contribution is -2.17. The molecule has 1 aromatic carbocycles. The van der Waals surface area contributed by atoms with Crippen molar-refractivity contribution in [1.82, 2.24) is 5.32 Å². The monoisotopic (exact) mass is 274 g/mol. The summed E-state index contributed by atoms with van der Waals surface area (Å²) in [6, 6.07) is 10.5. The van der Waals surface area contributed by atoms with Crippen LogP contribution in [0, 0.1) is 6.92 Å². The Morgan fingerprint density at radius 1 is 1.21 bits per heavy atom. The highest BCUT2D eigenvalue weighted by atomic mass is 32.1. The summed E-state index contributed by atoms with van der Waals surface area (Å²) in [6.45, 7) is 4.16. The fourth-order valence-electron chi connectivity index (χ4n) is 2.10. The number of nitrogens with two attached hydrogens (primary N) is 1. The van der Waals surface area contributed by atoms with Gasteiger partial charge in [0.1, 0.15) is 0 Å². The highest BCUT2D eigenvalue weighted by Crippen LogP contribution is 2.15.